The monoisotopic (exact) mass is 2000 g/mol. The first-order valence-corrected chi connectivity index (χ1v) is 48.3. The van der Waals surface area contributed by atoms with Gasteiger partial charge in [0.1, 0.15) is 74.2 Å². The zero-order valence-corrected chi connectivity index (χ0v) is 82.4. The molecule has 21 heterocycles. The number of likely N-dealkylation sites (tertiary alicyclic amines) is 2. The maximum absolute atomic E-state index is 13.2. The van der Waals surface area contributed by atoms with E-state index in [1.54, 1.807) is 86.8 Å². The Morgan fingerprint density at radius 2 is 0.825 bits per heavy atom. The lowest BCUT2D eigenvalue weighted by Crippen LogP contribution is -2.41. The third-order valence-electron chi connectivity index (χ3n) is 27.4. The summed E-state index contributed by atoms with van der Waals surface area (Å²) in [6.07, 6.45) is 16.2. The number of pyridine rings is 8. The van der Waals surface area contributed by atoms with Crippen molar-refractivity contribution < 1.29 is 89.2 Å². The number of aromatic carboxylic acids is 1. The summed E-state index contributed by atoms with van der Waals surface area (Å²) in [5.41, 5.74) is 13.8. The van der Waals surface area contributed by atoms with Crippen LogP contribution >= 0.6 is 34.8 Å². The Balaban J connectivity index is 0.000000118. The van der Waals surface area contributed by atoms with Gasteiger partial charge in [0.25, 0.3) is 11.8 Å². The van der Waals surface area contributed by atoms with E-state index in [1.165, 1.54) is 52.7 Å². The van der Waals surface area contributed by atoms with Crippen molar-refractivity contribution in [2.45, 2.75) is 90.5 Å². The maximum Gasteiger partial charge on any atom is 0.494 e. The normalized spacial score (nSPS) is 19.7. The molecule has 23 rings (SSSR count). The van der Waals surface area contributed by atoms with Gasteiger partial charge in [0.05, 0.1) is 126 Å². The number of ether oxygens (including phenoxy) is 8. The highest BCUT2D eigenvalue weighted by Gasteiger charge is 2.52. The summed E-state index contributed by atoms with van der Waals surface area (Å²) in [4.78, 5) is 86.8. The highest BCUT2D eigenvalue weighted by molar-refractivity contribution is 6.62. The van der Waals surface area contributed by atoms with Gasteiger partial charge in [-0.25, -0.2) is 19.7 Å². The summed E-state index contributed by atoms with van der Waals surface area (Å²) in [5.74, 6) is 5.40. The fourth-order valence-electron chi connectivity index (χ4n) is 18.7. The highest BCUT2D eigenvalue weighted by atomic mass is 35.5. The second-order valence-corrected chi connectivity index (χ2v) is 38.5. The zero-order valence-electron chi connectivity index (χ0n) is 80.1. The predicted molar refractivity (Wildman–Crippen MR) is 535 cm³/mol. The van der Waals surface area contributed by atoms with Crippen molar-refractivity contribution in [2.75, 3.05) is 137 Å². The number of ketones is 1. The van der Waals surface area contributed by atoms with Crippen molar-refractivity contribution in [2.24, 2.45) is 35.5 Å². The quantitative estimate of drug-likeness (QED) is 0.0486. The third-order valence-corrected chi connectivity index (χ3v) is 28.3. The van der Waals surface area contributed by atoms with Crippen LogP contribution in [0.15, 0.2) is 176 Å². The molecule has 9 saturated heterocycles. The van der Waals surface area contributed by atoms with E-state index in [1.807, 2.05) is 105 Å². The number of hydrogen-bond donors (Lipinski definition) is 4. The van der Waals surface area contributed by atoms with Gasteiger partial charge in [0.15, 0.2) is 51.2 Å². The highest BCUT2D eigenvalue weighted by Crippen LogP contribution is 2.44. The minimum absolute atomic E-state index is 0.0286. The molecule has 9 fully saturated rings. The number of Topliss-reactive ketones (excluding diaryl/α,β-unsaturated/α-hetero) is 1. The minimum atomic E-state index is -1.08. The van der Waals surface area contributed by atoms with E-state index < -0.39 is 13.1 Å². The number of carboxylic acid groups (broad SMARTS) is 1. The molecule has 38 heteroatoms. The number of furan rings is 4. The molecule has 6 atom stereocenters. The van der Waals surface area contributed by atoms with Gasteiger partial charge in [-0.05, 0) is 157 Å². The van der Waals surface area contributed by atoms with Gasteiger partial charge in [-0.1, -0.05) is 46.9 Å². The van der Waals surface area contributed by atoms with Crippen LogP contribution in [0.4, 0.5) is 11.4 Å². The van der Waals surface area contributed by atoms with Crippen molar-refractivity contribution in [1.29, 1.82) is 10.5 Å². The second kappa shape index (κ2) is 43.7. The summed E-state index contributed by atoms with van der Waals surface area (Å²) < 4.78 is 78.9. The first kappa shape index (κ1) is 99.6. The Morgan fingerprint density at radius 1 is 0.455 bits per heavy atom. The molecule has 9 aliphatic heterocycles. The Kier molecular flexibility index (Phi) is 30.5. The van der Waals surface area contributed by atoms with Crippen LogP contribution in [0, 0.1) is 65.1 Å². The lowest BCUT2D eigenvalue weighted by molar-refractivity contribution is 0.00578. The van der Waals surface area contributed by atoms with Crippen molar-refractivity contribution in [1.82, 2.24) is 55.0 Å². The molecule has 0 bridgehead atoms. The number of aromatic nitrogens is 8. The van der Waals surface area contributed by atoms with Gasteiger partial charge in [-0.15, -0.1) is 0 Å². The maximum atomic E-state index is 13.2. The molecule has 0 saturated carbocycles. The molecular weight excluding hydrogens is 1890 g/mol. The lowest BCUT2D eigenvalue weighted by Gasteiger charge is -2.32. The average molecular weight is 2000 g/mol. The number of carboxylic acids is 1. The number of nitrogens with one attached hydrogen (secondary N) is 3. The molecule has 34 nitrogen and oxygen atoms in total. The molecular formula is C105H105BCl3N15O19. The number of rotatable bonds is 17. The second-order valence-electron chi connectivity index (χ2n) is 37.3. The molecule has 2 amide bonds. The fraction of sp³-hybridized carbons (Fsp3) is 0.371. The van der Waals surface area contributed by atoms with Crippen molar-refractivity contribution >= 4 is 127 Å². The number of hydrogen-bond acceptors (Lipinski definition) is 31. The number of carbonyl (C=O) groups excluding carboxylic acids is 3. The fourth-order valence-corrected chi connectivity index (χ4v) is 19.2. The number of fused-ring (bicyclic) bond motifs is 7. The van der Waals surface area contributed by atoms with Gasteiger partial charge >= 0.3 is 13.1 Å². The number of nitrogens with zero attached hydrogens (tertiary/aromatic N) is 12. The van der Waals surface area contributed by atoms with Gasteiger partial charge in [0, 0.05) is 198 Å². The molecule has 4 N–H and O–H groups in total. The van der Waals surface area contributed by atoms with Gasteiger partial charge in [-0.3, -0.25) is 39.3 Å². The lowest BCUT2D eigenvalue weighted by atomic mass is 9.78. The van der Waals surface area contributed by atoms with Crippen molar-refractivity contribution in [3.63, 3.8) is 0 Å². The number of methoxy groups -OCH3 is 3. The van der Waals surface area contributed by atoms with Crippen LogP contribution in [0.5, 0.6) is 17.2 Å². The molecule has 0 spiro atoms. The summed E-state index contributed by atoms with van der Waals surface area (Å²) >= 11 is 18.3. The zero-order chi connectivity index (χ0) is 99.9. The average Bonchev–Trinajstić information content (AvgIpc) is 1.62. The Labute approximate surface area is 838 Å². The number of amides is 2. The van der Waals surface area contributed by atoms with E-state index in [0.29, 0.717) is 206 Å². The van der Waals surface area contributed by atoms with Crippen LogP contribution in [0.25, 0.3) is 101 Å². The number of anilines is 2. The van der Waals surface area contributed by atoms with Gasteiger partial charge in [-0.2, -0.15) is 10.5 Å². The van der Waals surface area contributed by atoms with Crippen LogP contribution in [-0.2, 0) is 33.0 Å². The largest absolute Gasteiger partial charge is 0.494 e. The van der Waals surface area contributed by atoms with Crippen LogP contribution in [-0.4, -0.2) is 235 Å². The molecule has 738 valence electrons. The van der Waals surface area contributed by atoms with Crippen LogP contribution < -0.4 is 35.6 Å². The Bertz CT molecular complexity index is 6970. The van der Waals surface area contributed by atoms with E-state index in [2.05, 4.69) is 68.0 Å². The number of carbonyl (C=O) groups is 4. The predicted octanol–water partition coefficient (Wildman–Crippen LogP) is 17.6. The number of halogens is 3. The first-order chi connectivity index (χ1) is 69.2. The Hall–Kier alpha value is -13.5. The minimum Gasteiger partial charge on any atom is -0.494 e. The first-order valence-electron chi connectivity index (χ1n) is 47.2. The molecule has 0 aliphatic carbocycles. The standard InChI is InChI=1S/C32H31N5O5.C20H18ClN3O3.C18H25BN2O3.C15H11ClN2O3.C14H9ClN2O4.C6H11NO/c1-39-28-11-21(32(38)37-15-22-17-41-18-23(22)16-37)14-35-30(28)29-12-27-31(42-29)25(4-7-34-27)19-2-3-26(20(10-19)13-33)36-24-5-8-40-9-6-24;1-11-4-12(20(25)24-7-13-9-26-10-14(13)8-24)6-23-18(11)17-5-16-19(27-17)15(21)2-3-22-16;1-17(2)18(3,4)24-19(23-17)14-5-6-16(13(11-14)12-20)21-15-7-9-22-10-8-15;1-8(19)9-5-12(20-2)14(18-7-9)13-6-11-15(21-13)10(16)3-4-17-11;1-20-10-4-7(14(18)19)6-17-12(10)11-5-9-13(21-11)8(15)2-3-16-9;1-5-3-8-4-6(5)2-7-1/h2-4,7,10-12,14,22-24,36H,5-6,8-9,15-18H2,1H3;2-6,13-14H,7-10H2,1H3;5-6,11,15,21H,7-10H2,1-4H3;3-7H,1-2H3;2-6H,1H3,(H,18,19);5-7H,1-4H2. The van der Waals surface area contributed by atoms with Crippen LogP contribution in [0.2, 0.25) is 15.1 Å². The molecule has 0 radical (unpaired) electrons. The third kappa shape index (κ3) is 22.0. The Morgan fingerprint density at radius 3 is 1.24 bits per heavy atom. The molecule has 12 aromatic heterocycles. The topological polar surface area (TPSA) is 427 Å². The molecule has 6 unspecified atom stereocenters. The van der Waals surface area contributed by atoms with E-state index in [9.17, 15) is 29.7 Å². The van der Waals surface area contributed by atoms with Gasteiger partial charge in [0.2, 0.25) is 0 Å². The number of aryl methyl sites for hydroxylation is 1. The number of benzene rings is 2. The number of nitriles is 2. The molecule has 9 aliphatic rings. The molecule has 2 aromatic carbocycles. The summed E-state index contributed by atoms with van der Waals surface area (Å²) in [6, 6.07) is 37.3. The SMILES string of the molecule is C1NCC2COCC12.CC1(C)OB(c2ccc(NC3CCOCC3)c(C#N)c2)OC1(C)C.COc1cc(C(=O)N2CC3COCC3C2)cnc1-c1cc2nccc(-c3ccc(NC4CCOCC4)c(C#N)c3)c2o1.COc1cc(C(=O)O)cnc1-c1cc2nccc(Cl)c2o1.COc1cc(C(C)=O)cnc1-c1cc2nccc(Cl)c2o1.Cc1cc(C(=O)N2CC3COCC3C2)cnc1-c1cc2nccc(Cl)c2o1. The van der Waals surface area contributed by atoms with Crippen molar-refractivity contribution in [3.05, 3.63) is 213 Å². The van der Waals surface area contributed by atoms with E-state index >= 15 is 0 Å². The van der Waals surface area contributed by atoms with Crippen LogP contribution in [0.3, 0.4) is 0 Å². The molecule has 14 aromatic rings. The summed E-state index contributed by atoms with van der Waals surface area (Å²) in [5, 5.41) is 40.1. The van der Waals surface area contributed by atoms with E-state index in [-0.39, 0.29) is 40.4 Å². The van der Waals surface area contributed by atoms with Crippen molar-refractivity contribution in [3.8, 4) is 86.3 Å². The van der Waals surface area contributed by atoms with Gasteiger partial charge < -0.3 is 95.7 Å². The smallest absolute Gasteiger partial charge is 0.494 e. The molecule has 143 heavy (non-hydrogen) atoms. The van der Waals surface area contributed by atoms with E-state index in [4.69, 9.17) is 105 Å². The summed E-state index contributed by atoms with van der Waals surface area (Å²) in [6.45, 7) is 24.7. The van der Waals surface area contributed by atoms with Crippen LogP contribution in [0.1, 0.15) is 118 Å². The van der Waals surface area contributed by atoms with E-state index in [0.717, 1.165) is 137 Å². The summed E-state index contributed by atoms with van der Waals surface area (Å²) in [7, 11) is 4.05.